The van der Waals surface area contributed by atoms with E-state index in [1.54, 1.807) is 0 Å². The van der Waals surface area contributed by atoms with E-state index in [1.807, 2.05) is 13.0 Å². The highest BCUT2D eigenvalue weighted by Gasteiger charge is 2.05. The maximum atomic E-state index is 11.0. The lowest BCUT2D eigenvalue weighted by molar-refractivity contribution is -0.143. The first-order valence-electron chi connectivity index (χ1n) is 7.73. The van der Waals surface area contributed by atoms with Crippen LogP contribution in [0.4, 0.5) is 5.69 Å². The number of unbranched alkanes of at least 4 members (excludes halogenated alkanes) is 2. The van der Waals surface area contributed by atoms with Gasteiger partial charge in [0.1, 0.15) is 0 Å². The molecule has 1 rings (SSSR count). The second-order valence-corrected chi connectivity index (χ2v) is 4.96. The minimum Gasteiger partial charge on any atom is -0.466 e. The molecule has 1 aromatic rings. The number of nitrogens with zero attached hydrogens (tertiary/aromatic N) is 1. The Morgan fingerprint density at radius 2 is 1.75 bits per heavy atom. The first-order valence-corrected chi connectivity index (χ1v) is 7.73. The lowest BCUT2D eigenvalue weighted by Gasteiger charge is -2.24. The third-order valence-corrected chi connectivity index (χ3v) is 3.28. The van der Waals surface area contributed by atoms with Gasteiger partial charge in [-0.15, -0.1) is 0 Å². The smallest absolute Gasteiger partial charge is 0.305 e. The molecule has 0 saturated carbocycles. The van der Waals surface area contributed by atoms with E-state index in [0.717, 1.165) is 25.9 Å². The molecule has 0 aromatic heterocycles. The second-order valence-electron chi connectivity index (χ2n) is 4.96. The van der Waals surface area contributed by atoms with E-state index in [1.165, 1.54) is 18.5 Å². The van der Waals surface area contributed by atoms with Crippen molar-refractivity contribution in [1.82, 2.24) is 0 Å². The Balaban J connectivity index is 2.32. The number of carbonyl (C=O) groups is 1. The summed E-state index contributed by atoms with van der Waals surface area (Å²) in [7, 11) is 0. The third kappa shape index (κ3) is 6.60. The first kappa shape index (κ1) is 16.5. The molecule has 0 saturated heterocycles. The number of rotatable bonds is 10. The van der Waals surface area contributed by atoms with Crippen molar-refractivity contribution in [1.29, 1.82) is 0 Å². The Hall–Kier alpha value is -1.51. The SMILES string of the molecule is CCCCN(CCCCOC(=O)CC)c1ccccc1. The van der Waals surface area contributed by atoms with Gasteiger partial charge < -0.3 is 9.64 Å². The van der Waals surface area contributed by atoms with Gasteiger partial charge in [0.15, 0.2) is 0 Å². The zero-order valence-corrected chi connectivity index (χ0v) is 12.8. The molecule has 0 radical (unpaired) electrons. The van der Waals surface area contributed by atoms with E-state index in [4.69, 9.17) is 4.74 Å². The van der Waals surface area contributed by atoms with Gasteiger partial charge in [0, 0.05) is 25.2 Å². The normalized spacial score (nSPS) is 10.3. The zero-order chi connectivity index (χ0) is 14.6. The molecule has 0 amide bonds. The fourth-order valence-corrected chi connectivity index (χ4v) is 2.05. The summed E-state index contributed by atoms with van der Waals surface area (Å²) in [5, 5.41) is 0. The van der Waals surface area contributed by atoms with Crippen molar-refractivity contribution in [2.75, 3.05) is 24.6 Å². The van der Waals surface area contributed by atoms with E-state index in [-0.39, 0.29) is 5.97 Å². The van der Waals surface area contributed by atoms with Crippen LogP contribution < -0.4 is 4.90 Å². The van der Waals surface area contributed by atoms with Gasteiger partial charge in [-0.1, -0.05) is 38.5 Å². The molecule has 20 heavy (non-hydrogen) atoms. The van der Waals surface area contributed by atoms with Crippen molar-refractivity contribution in [3.05, 3.63) is 30.3 Å². The average molecular weight is 277 g/mol. The minimum absolute atomic E-state index is 0.101. The van der Waals surface area contributed by atoms with Crippen LogP contribution in [0.3, 0.4) is 0 Å². The maximum Gasteiger partial charge on any atom is 0.305 e. The summed E-state index contributed by atoms with van der Waals surface area (Å²) in [5.41, 5.74) is 1.28. The van der Waals surface area contributed by atoms with E-state index in [9.17, 15) is 4.79 Å². The van der Waals surface area contributed by atoms with Gasteiger partial charge >= 0.3 is 5.97 Å². The summed E-state index contributed by atoms with van der Waals surface area (Å²) in [6.07, 6.45) is 4.86. The van der Waals surface area contributed by atoms with Gasteiger partial charge in [-0.2, -0.15) is 0 Å². The molecular formula is C17H27NO2. The Labute approximate surface area is 122 Å². The van der Waals surface area contributed by atoms with Gasteiger partial charge in [-0.25, -0.2) is 0 Å². The highest BCUT2D eigenvalue weighted by atomic mass is 16.5. The molecule has 112 valence electrons. The number of carbonyl (C=O) groups excluding carboxylic acids is 1. The standard InChI is InChI=1S/C17H27NO2/c1-3-5-13-18(16-11-7-6-8-12-16)14-9-10-15-20-17(19)4-2/h6-8,11-12H,3-5,9-10,13-15H2,1-2H3. The number of hydrogen-bond donors (Lipinski definition) is 0. The van der Waals surface area contributed by atoms with Crippen molar-refractivity contribution in [3.63, 3.8) is 0 Å². The molecule has 1 aromatic carbocycles. The first-order chi connectivity index (χ1) is 9.77. The van der Waals surface area contributed by atoms with Gasteiger partial charge in [-0.3, -0.25) is 4.79 Å². The molecule has 3 heteroatoms. The molecule has 3 nitrogen and oxygen atoms in total. The van der Waals surface area contributed by atoms with E-state index in [2.05, 4.69) is 36.1 Å². The molecule has 0 N–H and O–H groups in total. The van der Waals surface area contributed by atoms with Crippen molar-refractivity contribution < 1.29 is 9.53 Å². The minimum atomic E-state index is -0.101. The number of ether oxygens (including phenoxy) is 1. The van der Waals surface area contributed by atoms with Crippen molar-refractivity contribution in [2.24, 2.45) is 0 Å². The van der Waals surface area contributed by atoms with E-state index < -0.39 is 0 Å². The number of anilines is 1. The molecule has 0 aliphatic rings. The molecule has 0 fully saturated rings. The van der Waals surface area contributed by atoms with Crippen LogP contribution in [0.1, 0.15) is 46.0 Å². The topological polar surface area (TPSA) is 29.5 Å². The predicted octanol–water partition coefficient (Wildman–Crippen LogP) is 4.03. The second kappa shape index (κ2) is 10.3. The zero-order valence-electron chi connectivity index (χ0n) is 12.8. The number of hydrogen-bond acceptors (Lipinski definition) is 3. The Morgan fingerprint density at radius 1 is 1.05 bits per heavy atom. The Kier molecular flexibility index (Phi) is 8.52. The fourth-order valence-electron chi connectivity index (χ4n) is 2.05. The molecule has 0 unspecified atom stereocenters. The quantitative estimate of drug-likeness (QED) is 0.478. The highest BCUT2D eigenvalue weighted by molar-refractivity contribution is 5.68. The Bertz CT molecular complexity index is 365. The van der Waals surface area contributed by atoms with Crippen LogP contribution in [0.5, 0.6) is 0 Å². The summed E-state index contributed by atoms with van der Waals surface area (Å²) < 4.78 is 5.10. The third-order valence-electron chi connectivity index (χ3n) is 3.28. The largest absolute Gasteiger partial charge is 0.466 e. The van der Waals surface area contributed by atoms with Crippen molar-refractivity contribution in [2.45, 2.75) is 46.0 Å². The molecule has 0 bridgehead atoms. The fraction of sp³-hybridized carbons (Fsp3) is 0.588. The van der Waals surface area contributed by atoms with Crippen molar-refractivity contribution in [3.8, 4) is 0 Å². The maximum absolute atomic E-state index is 11.0. The van der Waals surface area contributed by atoms with E-state index >= 15 is 0 Å². The predicted molar refractivity (Wildman–Crippen MR) is 84.0 cm³/mol. The van der Waals surface area contributed by atoms with Crippen LogP contribution in [-0.2, 0) is 9.53 Å². The Morgan fingerprint density at radius 3 is 2.40 bits per heavy atom. The molecule has 0 atom stereocenters. The van der Waals surface area contributed by atoms with Gasteiger partial charge in [-0.05, 0) is 31.4 Å². The van der Waals surface area contributed by atoms with Gasteiger partial charge in [0.05, 0.1) is 6.61 Å². The molecular weight excluding hydrogens is 250 g/mol. The highest BCUT2D eigenvalue weighted by Crippen LogP contribution is 2.15. The van der Waals surface area contributed by atoms with Gasteiger partial charge in [0.25, 0.3) is 0 Å². The molecule has 0 spiro atoms. The van der Waals surface area contributed by atoms with Crippen LogP contribution in [0.15, 0.2) is 30.3 Å². The molecule has 0 aliphatic carbocycles. The average Bonchev–Trinajstić information content (AvgIpc) is 2.50. The summed E-state index contributed by atoms with van der Waals surface area (Å²) in [5.74, 6) is -0.101. The summed E-state index contributed by atoms with van der Waals surface area (Å²) in [6, 6.07) is 10.5. The molecule has 0 heterocycles. The van der Waals surface area contributed by atoms with E-state index in [0.29, 0.717) is 13.0 Å². The van der Waals surface area contributed by atoms with Crippen LogP contribution >= 0.6 is 0 Å². The van der Waals surface area contributed by atoms with Crippen molar-refractivity contribution >= 4 is 11.7 Å². The summed E-state index contributed by atoms with van der Waals surface area (Å²) in [4.78, 5) is 13.5. The lowest BCUT2D eigenvalue weighted by atomic mass is 10.2. The summed E-state index contributed by atoms with van der Waals surface area (Å²) >= 11 is 0. The number of para-hydroxylation sites is 1. The number of esters is 1. The van der Waals surface area contributed by atoms with Crippen LogP contribution in [-0.4, -0.2) is 25.7 Å². The van der Waals surface area contributed by atoms with Crippen LogP contribution in [0, 0.1) is 0 Å². The summed E-state index contributed by atoms with van der Waals surface area (Å²) in [6.45, 7) is 6.70. The lowest BCUT2D eigenvalue weighted by Crippen LogP contribution is -2.25. The molecule has 0 aliphatic heterocycles. The van der Waals surface area contributed by atoms with Gasteiger partial charge in [0.2, 0.25) is 0 Å². The number of benzene rings is 1. The van der Waals surface area contributed by atoms with Crippen LogP contribution in [0.2, 0.25) is 0 Å². The van der Waals surface area contributed by atoms with Crippen LogP contribution in [0.25, 0.3) is 0 Å². The monoisotopic (exact) mass is 277 g/mol.